The minimum absolute atomic E-state index is 0.0889. The zero-order chi connectivity index (χ0) is 20.9. The number of aromatic amines is 1. The van der Waals surface area contributed by atoms with Crippen LogP contribution in [0.1, 0.15) is 11.6 Å². The molecule has 0 fully saturated rings. The van der Waals surface area contributed by atoms with Gasteiger partial charge in [0.05, 0.1) is 12.6 Å². The smallest absolute Gasteiger partial charge is 0.247 e. The van der Waals surface area contributed by atoms with Crippen molar-refractivity contribution in [3.05, 3.63) is 79.1 Å². The number of nitrogens with zero attached hydrogens (tertiary/aromatic N) is 3. The summed E-state index contributed by atoms with van der Waals surface area (Å²) in [5.41, 5.74) is 3.60. The van der Waals surface area contributed by atoms with E-state index in [0.29, 0.717) is 28.5 Å². The number of carbonyl (C=O) groups excluding carboxylic acids is 1. The number of anilines is 2. The van der Waals surface area contributed by atoms with Crippen molar-refractivity contribution in [2.45, 2.75) is 6.04 Å². The fourth-order valence-corrected chi connectivity index (χ4v) is 3.06. The number of hydrogen-bond acceptors (Lipinski definition) is 6. The standard InChI is InChI=1S/C22H20N6O2/c1-2-18(30)25-16-10-8-15(9-11-16)20-27-19-21(23-13-24-22(19)28-20)26-17(12-29)14-6-4-3-5-7-14/h2-11,13,17,29H,1,12H2,(H,25,30)(H2,23,24,26,27,28)/t17-/m1/s1. The van der Waals surface area contributed by atoms with E-state index < -0.39 is 0 Å². The van der Waals surface area contributed by atoms with Gasteiger partial charge in [-0.3, -0.25) is 4.79 Å². The first kappa shape index (κ1) is 19.3. The third kappa shape index (κ3) is 4.03. The predicted octanol–water partition coefficient (Wildman–Crippen LogP) is 3.29. The Morgan fingerprint density at radius 2 is 1.90 bits per heavy atom. The van der Waals surface area contributed by atoms with Crippen molar-refractivity contribution in [1.82, 2.24) is 19.9 Å². The number of aliphatic hydroxyl groups excluding tert-OH is 1. The van der Waals surface area contributed by atoms with E-state index in [-0.39, 0.29) is 18.6 Å². The number of imidazole rings is 1. The Bertz CT molecular complexity index is 1170. The predicted molar refractivity (Wildman–Crippen MR) is 116 cm³/mol. The number of nitrogens with one attached hydrogen (secondary N) is 3. The van der Waals surface area contributed by atoms with E-state index in [0.717, 1.165) is 11.1 Å². The molecule has 0 spiro atoms. The summed E-state index contributed by atoms with van der Waals surface area (Å²) in [4.78, 5) is 27.8. The lowest BCUT2D eigenvalue weighted by Gasteiger charge is -2.17. The molecule has 2 heterocycles. The van der Waals surface area contributed by atoms with Gasteiger partial charge in [0.15, 0.2) is 11.5 Å². The van der Waals surface area contributed by atoms with Gasteiger partial charge in [0.2, 0.25) is 5.91 Å². The van der Waals surface area contributed by atoms with Crippen molar-refractivity contribution in [1.29, 1.82) is 0 Å². The second-order valence-electron chi connectivity index (χ2n) is 6.57. The topological polar surface area (TPSA) is 116 Å². The summed E-state index contributed by atoms with van der Waals surface area (Å²) in [5.74, 6) is 0.904. The van der Waals surface area contributed by atoms with Crippen LogP contribution in [0.4, 0.5) is 11.5 Å². The van der Waals surface area contributed by atoms with Gasteiger partial charge >= 0.3 is 0 Å². The summed E-state index contributed by atoms with van der Waals surface area (Å²) in [6, 6.07) is 16.6. The van der Waals surface area contributed by atoms with E-state index in [1.165, 1.54) is 12.4 Å². The molecule has 30 heavy (non-hydrogen) atoms. The van der Waals surface area contributed by atoms with Gasteiger partial charge in [-0.25, -0.2) is 15.0 Å². The minimum atomic E-state index is -0.316. The van der Waals surface area contributed by atoms with Crippen molar-refractivity contribution in [3.63, 3.8) is 0 Å². The largest absolute Gasteiger partial charge is 0.394 e. The first-order valence-electron chi connectivity index (χ1n) is 9.35. The number of fused-ring (bicyclic) bond motifs is 1. The molecule has 4 N–H and O–H groups in total. The Labute approximate surface area is 172 Å². The molecular formula is C22H20N6O2. The molecule has 2 aromatic heterocycles. The summed E-state index contributed by atoms with van der Waals surface area (Å²) in [7, 11) is 0. The third-order valence-corrected chi connectivity index (χ3v) is 4.60. The van der Waals surface area contributed by atoms with Gasteiger partial charge in [0.25, 0.3) is 0 Å². The molecule has 4 aromatic rings. The van der Waals surface area contributed by atoms with Gasteiger partial charge in [0, 0.05) is 11.3 Å². The van der Waals surface area contributed by atoms with Crippen LogP contribution in [0.25, 0.3) is 22.6 Å². The van der Waals surface area contributed by atoms with E-state index in [1.54, 1.807) is 12.1 Å². The van der Waals surface area contributed by atoms with Crippen molar-refractivity contribution >= 4 is 28.6 Å². The number of benzene rings is 2. The first-order chi connectivity index (χ1) is 14.7. The van der Waals surface area contributed by atoms with E-state index in [2.05, 4.69) is 37.1 Å². The number of rotatable bonds is 7. The second kappa shape index (κ2) is 8.54. The summed E-state index contributed by atoms with van der Waals surface area (Å²) < 4.78 is 0. The highest BCUT2D eigenvalue weighted by atomic mass is 16.3. The SMILES string of the molecule is C=CC(=O)Nc1ccc(-c2nc3ncnc(N[C@H](CO)c4ccccc4)c3[nH]2)cc1. The molecule has 0 aliphatic carbocycles. The van der Waals surface area contributed by atoms with Gasteiger partial charge in [-0.15, -0.1) is 0 Å². The fourth-order valence-electron chi connectivity index (χ4n) is 3.06. The molecule has 0 radical (unpaired) electrons. The molecule has 8 nitrogen and oxygen atoms in total. The molecule has 0 bridgehead atoms. The monoisotopic (exact) mass is 400 g/mol. The van der Waals surface area contributed by atoms with Crippen LogP contribution in [0, 0.1) is 0 Å². The fraction of sp³-hybridized carbons (Fsp3) is 0.0909. The molecule has 150 valence electrons. The van der Waals surface area contributed by atoms with Gasteiger partial charge in [-0.1, -0.05) is 36.9 Å². The van der Waals surface area contributed by atoms with Crippen molar-refractivity contribution in [2.75, 3.05) is 17.2 Å². The van der Waals surface area contributed by atoms with Crippen molar-refractivity contribution in [2.24, 2.45) is 0 Å². The summed E-state index contributed by atoms with van der Waals surface area (Å²) >= 11 is 0. The second-order valence-corrected chi connectivity index (χ2v) is 6.57. The normalized spacial score (nSPS) is 11.8. The molecule has 0 aliphatic heterocycles. The van der Waals surface area contributed by atoms with E-state index >= 15 is 0 Å². The zero-order valence-corrected chi connectivity index (χ0v) is 16.0. The number of carbonyl (C=O) groups is 1. The van der Waals surface area contributed by atoms with Gasteiger partial charge in [-0.2, -0.15) is 0 Å². The lowest BCUT2D eigenvalue weighted by molar-refractivity contribution is -0.111. The molecule has 1 atom stereocenters. The van der Waals surface area contributed by atoms with Gasteiger partial charge in [0.1, 0.15) is 17.7 Å². The van der Waals surface area contributed by atoms with Gasteiger partial charge in [-0.05, 0) is 35.9 Å². The molecule has 8 heteroatoms. The third-order valence-electron chi connectivity index (χ3n) is 4.60. The molecule has 0 saturated heterocycles. The van der Waals surface area contributed by atoms with Crippen LogP contribution in [0.15, 0.2) is 73.6 Å². The van der Waals surface area contributed by atoms with Crippen LogP contribution < -0.4 is 10.6 Å². The van der Waals surface area contributed by atoms with Crippen LogP contribution in [-0.2, 0) is 4.79 Å². The van der Waals surface area contributed by atoms with Crippen molar-refractivity contribution in [3.8, 4) is 11.4 Å². The summed E-state index contributed by atoms with van der Waals surface area (Å²) in [6.45, 7) is 3.35. The van der Waals surface area contributed by atoms with Crippen LogP contribution in [0.5, 0.6) is 0 Å². The Morgan fingerprint density at radius 1 is 1.13 bits per heavy atom. The number of aromatic nitrogens is 4. The Kier molecular flexibility index (Phi) is 5.49. The first-order valence-corrected chi connectivity index (χ1v) is 9.35. The maximum atomic E-state index is 11.4. The van der Waals surface area contributed by atoms with E-state index in [1.807, 2.05) is 42.5 Å². The highest BCUT2D eigenvalue weighted by molar-refractivity contribution is 5.99. The van der Waals surface area contributed by atoms with E-state index in [9.17, 15) is 9.90 Å². The lowest BCUT2D eigenvalue weighted by atomic mass is 10.1. The maximum absolute atomic E-state index is 11.4. The number of aliphatic hydroxyl groups is 1. The molecule has 4 rings (SSSR count). The van der Waals surface area contributed by atoms with Crippen LogP contribution >= 0.6 is 0 Å². The Hall–Kier alpha value is -4.04. The Morgan fingerprint density at radius 3 is 2.60 bits per heavy atom. The highest BCUT2D eigenvalue weighted by Gasteiger charge is 2.16. The Balaban J connectivity index is 1.62. The molecule has 0 unspecified atom stereocenters. The summed E-state index contributed by atoms with van der Waals surface area (Å²) in [5, 5.41) is 15.8. The minimum Gasteiger partial charge on any atom is -0.394 e. The average molecular weight is 400 g/mol. The maximum Gasteiger partial charge on any atom is 0.247 e. The molecular weight excluding hydrogens is 380 g/mol. The van der Waals surface area contributed by atoms with E-state index in [4.69, 9.17) is 0 Å². The average Bonchev–Trinajstić information content (AvgIpc) is 3.23. The van der Waals surface area contributed by atoms with Gasteiger partial charge < -0.3 is 20.7 Å². The quantitative estimate of drug-likeness (QED) is 0.354. The number of H-pyrrole nitrogens is 1. The van der Waals surface area contributed by atoms with Crippen molar-refractivity contribution < 1.29 is 9.90 Å². The molecule has 2 aromatic carbocycles. The lowest BCUT2D eigenvalue weighted by Crippen LogP contribution is -2.16. The van der Waals surface area contributed by atoms with Crippen LogP contribution in [0.3, 0.4) is 0 Å². The zero-order valence-electron chi connectivity index (χ0n) is 16.0. The number of hydrogen-bond donors (Lipinski definition) is 4. The van der Waals surface area contributed by atoms with Crippen LogP contribution in [-0.4, -0.2) is 37.6 Å². The summed E-state index contributed by atoms with van der Waals surface area (Å²) in [6.07, 6.45) is 2.65. The molecule has 0 aliphatic rings. The van der Waals surface area contributed by atoms with Crippen LogP contribution in [0.2, 0.25) is 0 Å². The molecule has 0 saturated carbocycles. The highest BCUT2D eigenvalue weighted by Crippen LogP contribution is 2.26. The number of amides is 1. The molecule has 1 amide bonds.